The summed E-state index contributed by atoms with van der Waals surface area (Å²) in [6.07, 6.45) is 0. The Morgan fingerprint density at radius 3 is 2.50 bits per heavy atom. The van der Waals surface area contributed by atoms with Gasteiger partial charge in [0, 0.05) is 42.1 Å². The zero-order valence-corrected chi connectivity index (χ0v) is 13.6. The van der Waals surface area contributed by atoms with Crippen LogP contribution in [0.3, 0.4) is 0 Å². The van der Waals surface area contributed by atoms with Crippen LogP contribution in [0.1, 0.15) is 13.8 Å². The van der Waals surface area contributed by atoms with Crippen LogP contribution >= 0.6 is 15.9 Å². The first-order valence-electron chi connectivity index (χ1n) is 7.19. The third-order valence-electron chi connectivity index (χ3n) is 4.01. The Morgan fingerprint density at radius 1 is 1.05 bits per heavy atom. The zero-order valence-electron chi connectivity index (χ0n) is 12.0. The van der Waals surface area contributed by atoms with E-state index in [9.17, 15) is 0 Å². The molecule has 2 aromatic rings. The van der Waals surface area contributed by atoms with Crippen LogP contribution in [-0.2, 0) is 0 Å². The monoisotopic (exact) mass is 333 g/mol. The van der Waals surface area contributed by atoms with Gasteiger partial charge in [-0.2, -0.15) is 0 Å². The van der Waals surface area contributed by atoms with E-state index in [1.54, 1.807) is 0 Å². The maximum atomic E-state index is 4.80. The molecule has 1 aromatic carbocycles. The smallest absolute Gasteiger partial charge is 0.129 e. The van der Waals surface area contributed by atoms with Gasteiger partial charge < -0.3 is 4.90 Å². The maximum Gasteiger partial charge on any atom is 0.129 e. The van der Waals surface area contributed by atoms with E-state index in [4.69, 9.17) is 4.98 Å². The highest BCUT2D eigenvalue weighted by atomic mass is 79.9. The Morgan fingerprint density at radius 2 is 1.80 bits per heavy atom. The third kappa shape index (κ3) is 2.81. The van der Waals surface area contributed by atoms with E-state index < -0.39 is 0 Å². The molecule has 0 saturated carbocycles. The predicted octanol–water partition coefficient (Wildman–Crippen LogP) is 3.53. The van der Waals surface area contributed by atoms with Gasteiger partial charge >= 0.3 is 0 Å². The topological polar surface area (TPSA) is 19.4 Å². The lowest BCUT2D eigenvalue weighted by Crippen LogP contribution is -2.49. The van der Waals surface area contributed by atoms with Gasteiger partial charge in [0.1, 0.15) is 5.82 Å². The largest absolute Gasteiger partial charge is 0.354 e. The first-order valence-corrected chi connectivity index (χ1v) is 7.98. The first kappa shape index (κ1) is 13.8. The lowest BCUT2D eigenvalue weighted by molar-refractivity contribution is 0.209. The van der Waals surface area contributed by atoms with Crippen molar-refractivity contribution in [1.82, 2.24) is 9.88 Å². The van der Waals surface area contributed by atoms with Crippen LogP contribution in [0.2, 0.25) is 0 Å². The Bertz CT molecular complexity index is 604. The molecule has 3 rings (SSSR count). The van der Waals surface area contributed by atoms with Crippen molar-refractivity contribution in [3.05, 3.63) is 34.8 Å². The van der Waals surface area contributed by atoms with E-state index in [0.29, 0.717) is 6.04 Å². The van der Waals surface area contributed by atoms with Crippen LogP contribution < -0.4 is 4.90 Å². The molecule has 0 bridgehead atoms. The zero-order chi connectivity index (χ0) is 14.1. The fraction of sp³-hybridized carbons (Fsp3) is 0.438. The summed E-state index contributed by atoms with van der Waals surface area (Å²) >= 11 is 3.50. The quantitative estimate of drug-likeness (QED) is 0.838. The van der Waals surface area contributed by atoms with E-state index in [-0.39, 0.29) is 0 Å². The summed E-state index contributed by atoms with van der Waals surface area (Å²) in [7, 11) is 0. The molecule has 1 aliphatic heterocycles. The predicted molar refractivity (Wildman–Crippen MR) is 88.4 cm³/mol. The van der Waals surface area contributed by atoms with Gasteiger partial charge in [-0.15, -0.1) is 0 Å². The summed E-state index contributed by atoms with van der Waals surface area (Å²) in [6, 6.07) is 11.2. The SMILES string of the molecule is CC(C)N1CCN(c2ccc3cc(Br)ccc3n2)CC1. The second kappa shape index (κ2) is 5.70. The fourth-order valence-corrected chi connectivity index (χ4v) is 3.11. The number of nitrogens with zero attached hydrogens (tertiary/aromatic N) is 3. The Balaban J connectivity index is 1.79. The molecule has 0 aliphatic carbocycles. The lowest BCUT2D eigenvalue weighted by Gasteiger charge is -2.37. The number of piperazine rings is 1. The lowest BCUT2D eigenvalue weighted by atomic mass is 10.2. The molecule has 3 nitrogen and oxygen atoms in total. The van der Waals surface area contributed by atoms with E-state index in [0.717, 1.165) is 42.0 Å². The molecule has 0 spiro atoms. The van der Waals surface area contributed by atoms with Crippen molar-refractivity contribution in [3.8, 4) is 0 Å². The van der Waals surface area contributed by atoms with Crippen LogP contribution in [-0.4, -0.2) is 42.1 Å². The number of benzene rings is 1. The third-order valence-corrected chi connectivity index (χ3v) is 4.50. The number of anilines is 1. The Labute approximate surface area is 128 Å². The number of hydrogen-bond donors (Lipinski definition) is 0. The van der Waals surface area contributed by atoms with Gasteiger partial charge in [0.25, 0.3) is 0 Å². The summed E-state index contributed by atoms with van der Waals surface area (Å²) < 4.78 is 1.10. The molecule has 0 radical (unpaired) electrons. The van der Waals surface area contributed by atoms with E-state index >= 15 is 0 Å². The summed E-state index contributed by atoms with van der Waals surface area (Å²) in [4.78, 5) is 9.71. The summed E-state index contributed by atoms with van der Waals surface area (Å²) in [5.41, 5.74) is 1.07. The number of aromatic nitrogens is 1. The van der Waals surface area contributed by atoms with E-state index in [1.807, 2.05) is 0 Å². The molecule has 4 heteroatoms. The van der Waals surface area contributed by atoms with E-state index in [2.05, 4.69) is 69.9 Å². The van der Waals surface area contributed by atoms with Gasteiger partial charge in [-0.25, -0.2) is 4.98 Å². The summed E-state index contributed by atoms with van der Waals surface area (Å²) in [5, 5.41) is 1.18. The minimum absolute atomic E-state index is 0.638. The molecule has 106 valence electrons. The van der Waals surface area contributed by atoms with Crippen molar-refractivity contribution in [3.63, 3.8) is 0 Å². The van der Waals surface area contributed by atoms with Crippen molar-refractivity contribution in [2.75, 3.05) is 31.1 Å². The highest BCUT2D eigenvalue weighted by Gasteiger charge is 2.19. The van der Waals surface area contributed by atoms with Crippen molar-refractivity contribution >= 4 is 32.7 Å². The first-order chi connectivity index (χ1) is 9.63. The molecule has 20 heavy (non-hydrogen) atoms. The number of hydrogen-bond acceptors (Lipinski definition) is 3. The molecule has 2 heterocycles. The van der Waals surface area contributed by atoms with Crippen molar-refractivity contribution in [2.45, 2.75) is 19.9 Å². The molecule has 0 N–H and O–H groups in total. The Kier molecular flexibility index (Phi) is 3.94. The standard InChI is InChI=1S/C16H20BrN3/c1-12(2)19-7-9-20(10-8-19)16-6-3-13-11-14(17)4-5-15(13)18-16/h3-6,11-12H,7-10H2,1-2H3. The van der Waals surface area contributed by atoms with Gasteiger partial charge in [0.2, 0.25) is 0 Å². The molecular weight excluding hydrogens is 314 g/mol. The van der Waals surface area contributed by atoms with Crippen LogP contribution in [0.15, 0.2) is 34.8 Å². The van der Waals surface area contributed by atoms with Crippen LogP contribution in [0.25, 0.3) is 10.9 Å². The summed E-state index contributed by atoms with van der Waals surface area (Å²) in [5.74, 6) is 1.10. The molecule has 0 amide bonds. The van der Waals surface area contributed by atoms with Crippen LogP contribution in [0, 0.1) is 0 Å². The normalized spacial score (nSPS) is 17.1. The molecular formula is C16H20BrN3. The number of rotatable bonds is 2. The van der Waals surface area contributed by atoms with E-state index in [1.165, 1.54) is 5.39 Å². The average Bonchev–Trinajstić information content (AvgIpc) is 2.47. The molecule has 1 aromatic heterocycles. The van der Waals surface area contributed by atoms with Crippen molar-refractivity contribution < 1.29 is 0 Å². The highest BCUT2D eigenvalue weighted by Crippen LogP contribution is 2.22. The number of pyridine rings is 1. The Hall–Kier alpha value is -1.13. The number of fused-ring (bicyclic) bond motifs is 1. The van der Waals surface area contributed by atoms with Gasteiger partial charge in [0.05, 0.1) is 5.52 Å². The molecule has 1 aliphatic rings. The van der Waals surface area contributed by atoms with Crippen molar-refractivity contribution in [1.29, 1.82) is 0 Å². The average molecular weight is 334 g/mol. The van der Waals surface area contributed by atoms with Crippen LogP contribution in [0.5, 0.6) is 0 Å². The summed E-state index contributed by atoms with van der Waals surface area (Å²) in [6.45, 7) is 8.90. The van der Waals surface area contributed by atoms with Gasteiger partial charge in [-0.1, -0.05) is 15.9 Å². The van der Waals surface area contributed by atoms with Gasteiger partial charge in [0.15, 0.2) is 0 Å². The van der Waals surface area contributed by atoms with Gasteiger partial charge in [-0.3, -0.25) is 4.90 Å². The minimum Gasteiger partial charge on any atom is -0.354 e. The molecule has 1 fully saturated rings. The highest BCUT2D eigenvalue weighted by molar-refractivity contribution is 9.10. The fourth-order valence-electron chi connectivity index (χ4n) is 2.73. The second-order valence-corrected chi connectivity index (χ2v) is 6.54. The molecule has 1 saturated heterocycles. The molecule has 0 atom stereocenters. The maximum absolute atomic E-state index is 4.80. The van der Waals surface area contributed by atoms with Crippen molar-refractivity contribution in [2.24, 2.45) is 0 Å². The molecule has 0 unspecified atom stereocenters. The van der Waals surface area contributed by atoms with Gasteiger partial charge in [-0.05, 0) is 44.2 Å². The van der Waals surface area contributed by atoms with Crippen LogP contribution in [0.4, 0.5) is 5.82 Å². The minimum atomic E-state index is 0.638. The second-order valence-electron chi connectivity index (χ2n) is 5.62. The number of halogens is 1.